The fourth-order valence-corrected chi connectivity index (χ4v) is 2.26. The highest BCUT2D eigenvalue weighted by atomic mass is 19.1. The van der Waals surface area contributed by atoms with Crippen LogP contribution in [0.15, 0.2) is 18.2 Å². The summed E-state index contributed by atoms with van der Waals surface area (Å²) in [7, 11) is 1.51. The largest absolute Gasteiger partial charge is 0.484 e. The Kier molecular flexibility index (Phi) is 4.08. The van der Waals surface area contributed by atoms with Crippen molar-refractivity contribution in [2.45, 2.75) is 18.4 Å². The summed E-state index contributed by atoms with van der Waals surface area (Å²) in [5.74, 6) is -2.06. The summed E-state index contributed by atoms with van der Waals surface area (Å²) in [6.45, 7) is -0.268. The van der Waals surface area contributed by atoms with Crippen molar-refractivity contribution in [3.8, 4) is 5.75 Å². The number of nitro groups is 1. The molecule has 8 heteroatoms. The molecule has 1 aliphatic carbocycles. The monoisotopic (exact) mass is 298 g/mol. The molecule has 0 saturated heterocycles. The van der Waals surface area contributed by atoms with Gasteiger partial charge in [0.2, 0.25) is 0 Å². The van der Waals surface area contributed by atoms with E-state index < -0.39 is 27.9 Å². The van der Waals surface area contributed by atoms with Crippen LogP contribution in [-0.4, -0.2) is 35.2 Å². The minimum Gasteiger partial charge on any atom is -0.484 e. The molecule has 21 heavy (non-hydrogen) atoms. The molecular weight excluding hydrogens is 283 g/mol. The summed E-state index contributed by atoms with van der Waals surface area (Å²) >= 11 is 0. The van der Waals surface area contributed by atoms with Crippen LogP contribution in [-0.2, 0) is 4.79 Å². The number of hydrogen-bond acceptors (Lipinski definition) is 5. The van der Waals surface area contributed by atoms with Crippen molar-refractivity contribution in [2.24, 2.45) is 5.92 Å². The number of benzene rings is 1. The van der Waals surface area contributed by atoms with Crippen LogP contribution in [0.4, 0.5) is 10.1 Å². The van der Waals surface area contributed by atoms with Gasteiger partial charge in [0.25, 0.3) is 0 Å². The van der Waals surface area contributed by atoms with E-state index in [1.165, 1.54) is 7.05 Å². The highest BCUT2D eigenvalue weighted by molar-refractivity contribution is 5.80. The third-order valence-electron chi connectivity index (χ3n) is 3.68. The van der Waals surface area contributed by atoms with E-state index in [2.05, 4.69) is 5.32 Å². The minimum absolute atomic E-state index is 0.0838. The maximum absolute atomic E-state index is 13.0. The predicted molar refractivity (Wildman–Crippen MR) is 70.7 cm³/mol. The third kappa shape index (κ3) is 2.94. The van der Waals surface area contributed by atoms with Crippen LogP contribution in [0.25, 0.3) is 0 Å². The molecule has 2 rings (SSSR count). The van der Waals surface area contributed by atoms with Gasteiger partial charge in [0.1, 0.15) is 12.4 Å². The van der Waals surface area contributed by atoms with Crippen molar-refractivity contribution >= 4 is 11.7 Å². The lowest BCUT2D eigenvalue weighted by Gasteiger charge is -2.28. The first-order chi connectivity index (χ1) is 9.90. The third-order valence-corrected chi connectivity index (χ3v) is 3.68. The standard InChI is InChI=1S/C13H15FN2O5/c1-15-13(12(17)18,8-2-3-8)7-21-11-5-4-9(14)6-10(11)16(19)20/h4-6,8,15H,2-3,7H2,1H3,(H,17,18). The molecule has 0 amide bonds. The number of nitrogens with one attached hydrogen (secondary N) is 1. The van der Waals surface area contributed by atoms with Crippen LogP contribution in [0.3, 0.4) is 0 Å². The number of aliphatic carboxylic acids is 1. The van der Waals surface area contributed by atoms with Gasteiger partial charge < -0.3 is 15.2 Å². The quantitative estimate of drug-likeness (QED) is 0.585. The molecule has 7 nitrogen and oxygen atoms in total. The topological polar surface area (TPSA) is 102 Å². The zero-order chi connectivity index (χ0) is 15.6. The second-order valence-electron chi connectivity index (χ2n) is 4.96. The fourth-order valence-electron chi connectivity index (χ4n) is 2.26. The molecule has 1 unspecified atom stereocenters. The number of carboxylic acids is 1. The number of carbonyl (C=O) groups is 1. The molecule has 0 spiro atoms. The summed E-state index contributed by atoms with van der Waals surface area (Å²) in [5.41, 5.74) is -1.82. The molecular formula is C13H15FN2O5. The van der Waals surface area contributed by atoms with Crippen molar-refractivity contribution in [3.63, 3.8) is 0 Å². The van der Waals surface area contributed by atoms with Gasteiger partial charge in [0.15, 0.2) is 11.3 Å². The second-order valence-corrected chi connectivity index (χ2v) is 4.96. The maximum Gasteiger partial charge on any atom is 0.327 e. The maximum atomic E-state index is 13.0. The van der Waals surface area contributed by atoms with Crippen LogP contribution in [0.2, 0.25) is 0 Å². The zero-order valence-corrected chi connectivity index (χ0v) is 11.3. The molecule has 1 atom stereocenters. The van der Waals surface area contributed by atoms with Gasteiger partial charge in [-0.2, -0.15) is 0 Å². The average molecular weight is 298 g/mol. The van der Waals surface area contributed by atoms with E-state index in [1.54, 1.807) is 0 Å². The lowest BCUT2D eigenvalue weighted by molar-refractivity contribution is -0.386. The molecule has 1 fully saturated rings. The van der Waals surface area contributed by atoms with Crippen molar-refractivity contribution in [2.75, 3.05) is 13.7 Å². The molecule has 0 heterocycles. The van der Waals surface area contributed by atoms with Crippen LogP contribution in [0, 0.1) is 21.8 Å². The number of carboxylic acid groups (broad SMARTS) is 1. The van der Waals surface area contributed by atoms with Crippen LogP contribution in [0.1, 0.15) is 12.8 Å². The van der Waals surface area contributed by atoms with E-state index in [9.17, 15) is 24.4 Å². The summed E-state index contributed by atoms with van der Waals surface area (Å²) < 4.78 is 18.4. The first-order valence-electron chi connectivity index (χ1n) is 6.40. The van der Waals surface area contributed by atoms with E-state index >= 15 is 0 Å². The summed E-state index contributed by atoms with van der Waals surface area (Å²) in [4.78, 5) is 21.6. The first-order valence-corrected chi connectivity index (χ1v) is 6.40. The van der Waals surface area contributed by atoms with E-state index in [0.717, 1.165) is 31.0 Å². The number of hydrogen-bond donors (Lipinski definition) is 2. The summed E-state index contributed by atoms with van der Waals surface area (Å²) in [6.07, 6.45) is 1.50. The predicted octanol–water partition coefficient (Wildman–Crippen LogP) is 1.57. The van der Waals surface area contributed by atoms with Crippen molar-refractivity contribution in [3.05, 3.63) is 34.1 Å². The van der Waals surface area contributed by atoms with E-state index in [4.69, 9.17) is 4.74 Å². The number of rotatable bonds is 7. The van der Waals surface area contributed by atoms with Gasteiger partial charge in [-0.05, 0) is 37.9 Å². The van der Waals surface area contributed by atoms with Gasteiger partial charge in [-0.3, -0.25) is 14.9 Å². The van der Waals surface area contributed by atoms with Gasteiger partial charge in [-0.1, -0.05) is 0 Å². The van der Waals surface area contributed by atoms with Crippen LogP contribution < -0.4 is 10.1 Å². The van der Waals surface area contributed by atoms with Gasteiger partial charge >= 0.3 is 11.7 Å². The Balaban J connectivity index is 2.22. The van der Waals surface area contributed by atoms with Crippen molar-refractivity contribution < 1.29 is 24.0 Å². The Morgan fingerprint density at radius 1 is 1.62 bits per heavy atom. The van der Waals surface area contributed by atoms with E-state index in [0.29, 0.717) is 0 Å². The van der Waals surface area contributed by atoms with Crippen molar-refractivity contribution in [1.29, 1.82) is 0 Å². The molecule has 0 aliphatic heterocycles. The van der Waals surface area contributed by atoms with Crippen LogP contribution in [0.5, 0.6) is 5.75 Å². The van der Waals surface area contributed by atoms with Gasteiger partial charge in [-0.15, -0.1) is 0 Å². The molecule has 1 aromatic carbocycles. The summed E-state index contributed by atoms with van der Waals surface area (Å²) in [6, 6.07) is 2.90. The Morgan fingerprint density at radius 2 is 2.29 bits per heavy atom. The van der Waals surface area contributed by atoms with Gasteiger partial charge in [-0.25, -0.2) is 4.39 Å². The number of halogens is 1. The zero-order valence-electron chi connectivity index (χ0n) is 11.3. The second kappa shape index (κ2) is 5.65. The minimum atomic E-state index is -1.29. The summed E-state index contributed by atoms with van der Waals surface area (Å²) in [5, 5.41) is 23.0. The number of likely N-dealkylation sites (N-methyl/N-ethyl adjacent to an activating group) is 1. The Labute approximate surface area is 119 Å². The molecule has 2 N–H and O–H groups in total. The molecule has 1 aromatic rings. The molecule has 114 valence electrons. The SMILES string of the molecule is CNC(COc1ccc(F)cc1[N+](=O)[O-])(C(=O)O)C1CC1. The Hall–Kier alpha value is -2.22. The first kappa shape index (κ1) is 15.2. The fraction of sp³-hybridized carbons (Fsp3) is 0.462. The highest BCUT2D eigenvalue weighted by Gasteiger charge is 2.51. The normalized spacial score (nSPS) is 17.0. The number of nitro benzene ring substituents is 1. The van der Waals surface area contributed by atoms with Crippen LogP contribution >= 0.6 is 0 Å². The smallest absolute Gasteiger partial charge is 0.327 e. The lowest BCUT2D eigenvalue weighted by Crippen LogP contribution is -2.56. The molecule has 0 aromatic heterocycles. The van der Waals surface area contributed by atoms with Gasteiger partial charge in [0.05, 0.1) is 11.0 Å². The average Bonchev–Trinajstić information content (AvgIpc) is 3.25. The van der Waals surface area contributed by atoms with Gasteiger partial charge in [0, 0.05) is 0 Å². The molecule has 0 radical (unpaired) electrons. The molecule has 1 aliphatic rings. The number of ether oxygens (including phenoxy) is 1. The number of nitrogens with zero attached hydrogens (tertiary/aromatic N) is 1. The Bertz CT molecular complexity index is 576. The van der Waals surface area contributed by atoms with Crippen molar-refractivity contribution in [1.82, 2.24) is 5.32 Å². The molecule has 0 bridgehead atoms. The van der Waals surface area contributed by atoms with E-state index in [1.807, 2.05) is 0 Å². The molecule has 1 saturated carbocycles. The Morgan fingerprint density at radius 3 is 2.76 bits per heavy atom. The van der Waals surface area contributed by atoms with E-state index in [-0.39, 0.29) is 18.3 Å². The highest BCUT2D eigenvalue weighted by Crippen LogP contribution is 2.40. The lowest BCUT2D eigenvalue weighted by atomic mass is 9.94.